The SMILES string of the molecule is CCCOc1ccc(C(C)NC(=O)Cc2ccccc2F)cc1OCCC. The van der Waals surface area contributed by atoms with Gasteiger partial charge in [0.25, 0.3) is 0 Å². The van der Waals surface area contributed by atoms with Gasteiger partial charge in [-0.15, -0.1) is 0 Å². The Kier molecular flexibility index (Phi) is 8.11. The Morgan fingerprint density at radius 2 is 1.70 bits per heavy atom. The van der Waals surface area contributed by atoms with E-state index < -0.39 is 0 Å². The van der Waals surface area contributed by atoms with E-state index in [9.17, 15) is 9.18 Å². The van der Waals surface area contributed by atoms with Crippen molar-refractivity contribution in [2.24, 2.45) is 0 Å². The molecule has 1 unspecified atom stereocenters. The Hall–Kier alpha value is -2.56. The Balaban J connectivity index is 2.06. The molecule has 146 valence electrons. The average Bonchev–Trinajstić information content (AvgIpc) is 2.66. The van der Waals surface area contributed by atoms with Gasteiger partial charge in [0.2, 0.25) is 5.91 Å². The van der Waals surface area contributed by atoms with Crippen molar-refractivity contribution in [3.63, 3.8) is 0 Å². The minimum absolute atomic E-state index is 0.00784. The monoisotopic (exact) mass is 373 g/mol. The van der Waals surface area contributed by atoms with E-state index >= 15 is 0 Å². The summed E-state index contributed by atoms with van der Waals surface area (Å²) in [7, 11) is 0. The molecule has 0 aliphatic heterocycles. The first-order chi connectivity index (χ1) is 13.0. The summed E-state index contributed by atoms with van der Waals surface area (Å²) in [4.78, 5) is 12.3. The van der Waals surface area contributed by atoms with Crippen molar-refractivity contribution in [1.82, 2.24) is 5.32 Å². The van der Waals surface area contributed by atoms with Gasteiger partial charge >= 0.3 is 0 Å². The van der Waals surface area contributed by atoms with Crippen LogP contribution in [-0.2, 0) is 11.2 Å². The maximum atomic E-state index is 13.7. The van der Waals surface area contributed by atoms with Gasteiger partial charge in [-0.25, -0.2) is 4.39 Å². The van der Waals surface area contributed by atoms with Crippen molar-refractivity contribution in [2.75, 3.05) is 13.2 Å². The van der Waals surface area contributed by atoms with Crippen LogP contribution in [0.4, 0.5) is 4.39 Å². The summed E-state index contributed by atoms with van der Waals surface area (Å²) < 4.78 is 25.3. The predicted octanol–water partition coefficient (Wildman–Crippen LogP) is 4.82. The van der Waals surface area contributed by atoms with Gasteiger partial charge in [-0.05, 0) is 49.1 Å². The van der Waals surface area contributed by atoms with Crippen LogP contribution in [0.25, 0.3) is 0 Å². The molecule has 0 saturated heterocycles. The number of ether oxygens (including phenoxy) is 2. The van der Waals surface area contributed by atoms with Crippen molar-refractivity contribution < 1.29 is 18.7 Å². The van der Waals surface area contributed by atoms with Gasteiger partial charge in [-0.2, -0.15) is 0 Å². The van der Waals surface area contributed by atoms with Gasteiger partial charge in [0.1, 0.15) is 5.82 Å². The summed E-state index contributed by atoms with van der Waals surface area (Å²) in [6, 6.07) is 11.8. The molecule has 27 heavy (non-hydrogen) atoms. The van der Waals surface area contributed by atoms with Crippen LogP contribution in [0.5, 0.6) is 11.5 Å². The van der Waals surface area contributed by atoms with Crippen molar-refractivity contribution in [1.29, 1.82) is 0 Å². The highest BCUT2D eigenvalue weighted by atomic mass is 19.1. The fraction of sp³-hybridized carbons (Fsp3) is 0.409. The molecule has 0 heterocycles. The molecule has 0 fully saturated rings. The second kappa shape index (κ2) is 10.6. The first kappa shape index (κ1) is 20.7. The van der Waals surface area contributed by atoms with Crippen molar-refractivity contribution in [2.45, 2.75) is 46.1 Å². The number of benzene rings is 2. The molecular formula is C22H28FNO3. The zero-order chi connectivity index (χ0) is 19.6. The summed E-state index contributed by atoms with van der Waals surface area (Å²) in [6.45, 7) is 7.21. The van der Waals surface area contributed by atoms with Gasteiger partial charge in [0, 0.05) is 0 Å². The highest BCUT2D eigenvalue weighted by Gasteiger charge is 2.15. The number of nitrogens with one attached hydrogen (secondary N) is 1. The second-order valence-electron chi connectivity index (χ2n) is 6.46. The first-order valence-corrected chi connectivity index (χ1v) is 9.47. The maximum Gasteiger partial charge on any atom is 0.225 e. The molecule has 2 aromatic rings. The zero-order valence-electron chi connectivity index (χ0n) is 16.3. The number of carbonyl (C=O) groups is 1. The molecule has 1 amide bonds. The van der Waals surface area contributed by atoms with E-state index in [1.165, 1.54) is 6.07 Å². The van der Waals surface area contributed by atoms with Crippen molar-refractivity contribution >= 4 is 5.91 Å². The lowest BCUT2D eigenvalue weighted by Gasteiger charge is -2.18. The third-order valence-corrected chi connectivity index (χ3v) is 4.08. The average molecular weight is 373 g/mol. The van der Waals surface area contributed by atoms with E-state index in [0.29, 0.717) is 30.3 Å². The lowest BCUT2D eigenvalue weighted by atomic mass is 10.1. The minimum atomic E-state index is -0.368. The van der Waals surface area contributed by atoms with Gasteiger partial charge in [-0.1, -0.05) is 38.1 Å². The maximum absolute atomic E-state index is 13.7. The molecule has 0 bridgehead atoms. The highest BCUT2D eigenvalue weighted by Crippen LogP contribution is 2.31. The lowest BCUT2D eigenvalue weighted by molar-refractivity contribution is -0.121. The number of halogens is 1. The third kappa shape index (κ3) is 6.27. The van der Waals surface area contributed by atoms with E-state index in [2.05, 4.69) is 5.32 Å². The fourth-order valence-electron chi connectivity index (χ4n) is 2.64. The molecule has 0 saturated carbocycles. The molecule has 1 atom stereocenters. The number of carbonyl (C=O) groups excluding carboxylic acids is 1. The summed E-state index contributed by atoms with van der Waals surface area (Å²) in [6.07, 6.45) is 1.82. The molecule has 0 aliphatic rings. The standard InChI is InChI=1S/C22H28FNO3/c1-4-12-26-20-11-10-17(14-21(20)27-13-5-2)16(3)24-22(25)15-18-8-6-7-9-19(18)23/h6-11,14,16H,4-5,12-13,15H2,1-3H3,(H,24,25). The van der Waals surface area contributed by atoms with Crippen molar-refractivity contribution in [3.8, 4) is 11.5 Å². The van der Waals surface area contributed by atoms with E-state index in [1.54, 1.807) is 18.2 Å². The van der Waals surface area contributed by atoms with Crippen LogP contribution in [0.2, 0.25) is 0 Å². The second-order valence-corrected chi connectivity index (χ2v) is 6.46. The van der Waals surface area contributed by atoms with Gasteiger partial charge in [0.05, 0.1) is 25.7 Å². The van der Waals surface area contributed by atoms with Crippen LogP contribution in [0.1, 0.15) is 50.8 Å². The Morgan fingerprint density at radius 1 is 1.04 bits per heavy atom. The summed E-state index contributed by atoms with van der Waals surface area (Å²) >= 11 is 0. The first-order valence-electron chi connectivity index (χ1n) is 9.47. The number of hydrogen-bond acceptors (Lipinski definition) is 3. The summed E-state index contributed by atoms with van der Waals surface area (Å²) in [5.74, 6) is 0.792. The number of rotatable bonds is 10. The lowest BCUT2D eigenvalue weighted by Crippen LogP contribution is -2.28. The largest absolute Gasteiger partial charge is 0.490 e. The Bertz CT molecular complexity index is 748. The minimum Gasteiger partial charge on any atom is -0.490 e. The zero-order valence-corrected chi connectivity index (χ0v) is 16.3. The van der Waals surface area contributed by atoms with E-state index in [1.807, 2.05) is 39.0 Å². The van der Waals surface area contributed by atoms with Crippen LogP contribution in [0.15, 0.2) is 42.5 Å². The molecule has 0 spiro atoms. The van der Waals surface area contributed by atoms with Crippen LogP contribution < -0.4 is 14.8 Å². The van der Waals surface area contributed by atoms with Crippen LogP contribution >= 0.6 is 0 Å². The highest BCUT2D eigenvalue weighted by molar-refractivity contribution is 5.79. The quantitative estimate of drug-likeness (QED) is 0.649. The molecule has 2 aromatic carbocycles. The molecular weight excluding hydrogens is 345 g/mol. The smallest absolute Gasteiger partial charge is 0.225 e. The van der Waals surface area contributed by atoms with E-state index in [-0.39, 0.29) is 24.2 Å². The topological polar surface area (TPSA) is 47.6 Å². The summed E-state index contributed by atoms with van der Waals surface area (Å²) in [5.41, 5.74) is 1.30. The van der Waals surface area contributed by atoms with Gasteiger partial charge in [0.15, 0.2) is 11.5 Å². The van der Waals surface area contributed by atoms with Crippen molar-refractivity contribution in [3.05, 3.63) is 59.4 Å². The number of hydrogen-bond donors (Lipinski definition) is 1. The molecule has 5 heteroatoms. The molecule has 4 nitrogen and oxygen atoms in total. The Morgan fingerprint density at radius 3 is 2.37 bits per heavy atom. The normalized spacial score (nSPS) is 11.7. The van der Waals surface area contributed by atoms with Gasteiger partial charge < -0.3 is 14.8 Å². The third-order valence-electron chi connectivity index (χ3n) is 4.08. The molecule has 0 aromatic heterocycles. The van der Waals surface area contributed by atoms with Crippen LogP contribution in [-0.4, -0.2) is 19.1 Å². The Labute approximate surface area is 160 Å². The van der Waals surface area contributed by atoms with E-state index in [0.717, 1.165) is 18.4 Å². The van der Waals surface area contributed by atoms with Gasteiger partial charge in [-0.3, -0.25) is 4.79 Å². The predicted molar refractivity (Wildman–Crippen MR) is 105 cm³/mol. The van der Waals surface area contributed by atoms with Crippen LogP contribution in [0.3, 0.4) is 0 Å². The number of amides is 1. The fourth-order valence-corrected chi connectivity index (χ4v) is 2.64. The molecule has 1 N–H and O–H groups in total. The molecule has 0 aliphatic carbocycles. The van der Waals surface area contributed by atoms with Crippen LogP contribution in [0, 0.1) is 5.82 Å². The molecule has 2 rings (SSSR count). The van der Waals surface area contributed by atoms with E-state index in [4.69, 9.17) is 9.47 Å². The molecule has 0 radical (unpaired) electrons. The summed E-state index contributed by atoms with van der Waals surface area (Å²) in [5, 5.41) is 2.92.